The summed E-state index contributed by atoms with van der Waals surface area (Å²) in [4.78, 5) is 44.5. The van der Waals surface area contributed by atoms with Gasteiger partial charge in [-0.1, -0.05) is 43.7 Å². The van der Waals surface area contributed by atoms with E-state index in [1.54, 1.807) is 4.57 Å². The Kier molecular flexibility index (Phi) is 6.02. The lowest BCUT2D eigenvalue weighted by Crippen LogP contribution is -2.31. The number of nitrogens with zero attached hydrogens (tertiary/aromatic N) is 4. The number of carbonyl (C=O) groups is 1. The normalized spacial score (nSPS) is 11.2. The molecule has 0 aliphatic carbocycles. The minimum absolute atomic E-state index is 0.151. The molecule has 0 bridgehead atoms. The van der Waals surface area contributed by atoms with Crippen molar-refractivity contribution in [2.45, 2.75) is 46.4 Å². The Hall–Kier alpha value is -3.95. The van der Waals surface area contributed by atoms with Gasteiger partial charge in [0, 0.05) is 18.7 Å². The highest BCUT2D eigenvalue weighted by Crippen LogP contribution is 2.22. The molecule has 0 unspecified atom stereocenters. The van der Waals surface area contributed by atoms with Crippen LogP contribution in [0.3, 0.4) is 0 Å². The molecular formula is C22H24N6O4. The fraction of sp³-hybridized carbons (Fsp3) is 0.318. The van der Waals surface area contributed by atoms with Crippen LogP contribution in [-0.2, 0) is 24.4 Å². The Morgan fingerprint density at radius 2 is 1.91 bits per heavy atom. The Morgan fingerprint density at radius 3 is 2.62 bits per heavy atom. The number of unbranched alkanes of at least 4 members (excludes halogenated alkanes) is 1. The fourth-order valence-electron chi connectivity index (χ4n) is 3.67. The molecule has 3 heterocycles. The maximum absolute atomic E-state index is 12.8. The summed E-state index contributed by atoms with van der Waals surface area (Å²) in [5.74, 6) is -0.174. The number of hydrogen-bond acceptors (Lipinski definition) is 6. The number of esters is 1. The van der Waals surface area contributed by atoms with Crippen LogP contribution in [0.1, 0.15) is 42.9 Å². The number of aryl methyl sites for hydroxylation is 2. The molecule has 0 atom stereocenters. The molecule has 3 aromatic heterocycles. The molecule has 4 aromatic rings. The summed E-state index contributed by atoms with van der Waals surface area (Å²) in [5.41, 5.74) is 1.26. The Bertz CT molecular complexity index is 1360. The van der Waals surface area contributed by atoms with Crippen LogP contribution in [0.5, 0.6) is 0 Å². The summed E-state index contributed by atoms with van der Waals surface area (Å²) < 4.78 is 8.64. The van der Waals surface area contributed by atoms with Crippen molar-refractivity contribution < 1.29 is 9.53 Å². The molecule has 1 aromatic carbocycles. The van der Waals surface area contributed by atoms with Crippen LogP contribution in [0.2, 0.25) is 0 Å². The molecule has 10 heteroatoms. The van der Waals surface area contributed by atoms with Crippen molar-refractivity contribution in [1.82, 2.24) is 29.3 Å². The first kappa shape index (κ1) is 21.3. The van der Waals surface area contributed by atoms with E-state index in [0.29, 0.717) is 41.3 Å². The van der Waals surface area contributed by atoms with Crippen LogP contribution in [0.25, 0.3) is 22.4 Å². The molecule has 0 aliphatic rings. The van der Waals surface area contributed by atoms with Crippen molar-refractivity contribution in [2.75, 3.05) is 0 Å². The van der Waals surface area contributed by atoms with Gasteiger partial charge in [-0.15, -0.1) is 0 Å². The van der Waals surface area contributed by atoms with E-state index in [1.807, 2.05) is 44.2 Å². The molecule has 0 amide bonds. The molecule has 0 saturated heterocycles. The number of nitrogens with one attached hydrogen (secondary N) is 2. The third-order valence-corrected chi connectivity index (χ3v) is 5.27. The van der Waals surface area contributed by atoms with E-state index >= 15 is 0 Å². The van der Waals surface area contributed by atoms with Crippen LogP contribution in [0.15, 0.2) is 46.1 Å². The van der Waals surface area contributed by atoms with Crippen LogP contribution in [-0.4, -0.2) is 35.3 Å². The van der Waals surface area contributed by atoms with Crippen molar-refractivity contribution in [3.05, 3.63) is 68.8 Å². The molecule has 0 aliphatic heterocycles. The standard InChI is InChI=1S/C22H24N6O4/c1-3-5-11-28-19-18(20(29)25-22(28)31)27(4-2)16(24-19)13-32-21(30)15-12-23-26-17(15)14-9-7-6-8-10-14/h6-10,12H,3-5,11,13H2,1-2H3,(H,23,26)(H,25,29,31). The lowest BCUT2D eigenvalue weighted by Gasteiger charge is -2.07. The van der Waals surface area contributed by atoms with Gasteiger partial charge in [-0.05, 0) is 13.3 Å². The van der Waals surface area contributed by atoms with E-state index < -0.39 is 17.2 Å². The zero-order valence-electron chi connectivity index (χ0n) is 17.9. The molecule has 10 nitrogen and oxygen atoms in total. The first-order valence-corrected chi connectivity index (χ1v) is 10.5. The Labute approximate surface area is 182 Å². The molecule has 0 saturated carbocycles. The maximum Gasteiger partial charge on any atom is 0.342 e. The monoisotopic (exact) mass is 436 g/mol. The highest BCUT2D eigenvalue weighted by atomic mass is 16.5. The fourth-order valence-corrected chi connectivity index (χ4v) is 3.67. The van der Waals surface area contributed by atoms with Gasteiger partial charge >= 0.3 is 11.7 Å². The number of benzene rings is 1. The predicted octanol–water partition coefficient (Wildman–Crippen LogP) is 2.45. The third-order valence-electron chi connectivity index (χ3n) is 5.27. The zero-order valence-corrected chi connectivity index (χ0v) is 17.9. The van der Waals surface area contributed by atoms with Gasteiger partial charge in [-0.25, -0.2) is 14.6 Å². The van der Waals surface area contributed by atoms with Gasteiger partial charge in [0.15, 0.2) is 11.2 Å². The summed E-state index contributed by atoms with van der Waals surface area (Å²) >= 11 is 0. The zero-order chi connectivity index (χ0) is 22.7. The van der Waals surface area contributed by atoms with Gasteiger partial charge < -0.3 is 9.30 Å². The van der Waals surface area contributed by atoms with Crippen molar-refractivity contribution in [3.8, 4) is 11.3 Å². The van der Waals surface area contributed by atoms with E-state index in [2.05, 4.69) is 20.2 Å². The molecule has 166 valence electrons. The number of hydrogen-bond donors (Lipinski definition) is 2. The second kappa shape index (κ2) is 9.04. The Balaban J connectivity index is 1.65. The maximum atomic E-state index is 12.8. The largest absolute Gasteiger partial charge is 0.454 e. The molecule has 32 heavy (non-hydrogen) atoms. The van der Waals surface area contributed by atoms with Crippen molar-refractivity contribution in [3.63, 3.8) is 0 Å². The van der Waals surface area contributed by atoms with Gasteiger partial charge in [0.05, 0.1) is 11.9 Å². The van der Waals surface area contributed by atoms with Gasteiger partial charge in [0.1, 0.15) is 18.0 Å². The number of carbonyl (C=O) groups excluding carboxylic acids is 1. The minimum atomic E-state index is -0.565. The number of aromatic nitrogens is 6. The molecular weight excluding hydrogens is 412 g/mol. The first-order chi connectivity index (χ1) is 15.5. The summed E-state index contributed by atoms with van der Waals surface area (Å²) in [6.45, 7) is 4.60. The topological polar surface area (TPSA) is 128 Å². The van der Waals surface area contributed by atoms with Crippen LogP contribution in [0, 0.1) is 0 Å². The first-order valence-electron chi connectivity index (χ1n) is 10.5. The highest BCUT2D eigenvalue weighted by molar-refractivity contribution is 5.95. The SMILES string of the molecule is CCCCn1c(=O)[nH]c(=O)c2c1nc(COC(=O)c1cn[nH]c1-c1ccccc1)n2CC. The van der Waals surface area contributed by atoms with E-state index in [0.717, 1.165) is 18.4 Å². The third kappa shape index (κ3) is 3.86. The van der Waals surface area contributed by atoms with E-state index in [1.165, 1.54) is 10.8 Å². The number of fused-ring (bicyclic) bond motifs is 1. The number of imidazole rings is 1. The number of rotatable bonds is 8. The summed E-state index contributed by atoms with van der Waals surface area (Å²) in [6.07, 6.45) is 3.08. The number of ether oxygens (including phenoxy) is 1. The summed E-state index contributed by atoms with van der Waals surface area (Å²) in [6, 6.07) is 9.34. The predicted molar refractivity (Wildman–Crippen MR) is 118 cm³/mol. The van der Waals surface area contributed by atoms with Gasteiger partial charge in [0.25, 0.3) is 5.56 Å². The minimum Gasteiger partial charge on any atom is -0.454 e. The van der Waals surface area contributed by atoms with Gasteiger partial charge in [-0.2, -0.15) is 5.10 Å². The lowest BCUT2D eigenvalue weighted by molar-refractivity contribution is 0.0459. The number of H-pyrrole nitrogens is 2. The van der Waals surface area contributed by atoms with Crippen molar-refractivity contribution in [2.24, 2.45) is 0 Å². The van der Waals surface area contributed by atoms with E-state index in [9.17, 15) is 14.4 Å². The quantitative estimate of drug-likeness (QED) is 0.409. The van der Waals surface area contributed by atoms with Crippen LogP contribution < -0.4 is 11.2 Å². The average molecular weight is 436 g/mol. The molecule has 0 fully saturated rings. The molecule has 0 radical (unpaired) electrons. The smallest absolute Gasteiger partial charge is 0.342 e. The second-order valence-corrected chi connectivity index (χ2v) is 7.31. The Morgan fingerprint density at radius 1 is 1.12 bits per heavy atom. The average Bonchev–Trinajstić information content (AvgIpc) is 3.43. The van der Waals surface area contributed by atoms with E-state index in [-0.39, 0.29) is 6.61 Å². The highest BCUT2D eigenvalue weighted by Gasteiger charge is 2.21. The van der Waals surface area contributed by atoms with Gasteiger partial charge in [-0.3, -0.25) is 19.4 Å². The lowest BCUT2D eigenvalue weighted by atomic mass is 10.1. The van der Waals surface area contributed by atoms with Crippen LogP contribution >= 0.6 is 0 Å². The molecule has 4 rings (SSSR count). The molecule has 2 N–H and O–H groups in total. The molecule has 0 spiro atoms. The second-order valence-electron chi connectivity index (χ2n) is 7.31. The number of aromatic amines is 2. The van der Waals surface area contributed by atoms with Crippen molar-refractivity contribution in [1.29, 1.82) is 0 Å². The summed E-state index contributed by atoms with van der Waals surface area (Å²) in [5, 5.41) is 6.81. The summed E-state index contributed by atoms with van der Waals surface area (Å²) in [7, 11) is 0. The van der Waals surface area contributed by atoms with Crippen molar-refractivity contribution >= 4 is 17.1 Å². The van der Waals surface area contributed by atoms with Gasteiger partial charge in [0.2, 0.25) is 0 Å². The van der Waals surface area contributed by atoms with Crippen LogP contribution in [0.4, 0.5) is 0 Å². The van der Waals surface area contributed by atoms with E-state index in [4.69, 9.17) is 4.74 Å².